The van der Waals surface area contributed by atoms with Crippen LogP contribution in [0, 0.1) is 6.92 Å². The summed E-state index contributed by atoms with van der Waals surface area (Å²) in [4.78, 5) is 0. The summed E-state index contributed by atoms with van der Waals surface area (Å²) in [5, 5.41) is 38.7. The summed E-state index contributed by atoms with van der Waals surface area (Å²) < 4.78 is 5.69. The van der Waals surface area contributed by atoms with Gasteiger partial charge in [0.25, 0.3) is 0 Å². The number of hydrogen-bond donors (Lipinski definition) is 4. The molecule has 2 aromatic carbocycles. The van der Waals surface area contributed by atoms with E-state index in [-0.39, 0.29) is 17.1 Å². The Hall–Kier alpha value is -2.82. The zero-order valence-corrected chi connectivity index (χ0v) is 11.3. The first-order valence-electron chi connectivity index (χ1n) is 6.41. The Morgan fingerprint density at radius 3 is 2.33 bits per heavy atom. The molecule has 0 atom stereocenters. The predicted octanol–water partition coefficient (Wildman–Crippen LogP) is 2.97. The van der Waals surface area contributed by atoms with Crippen LogP contribution in [0.5, 0.6) is 23.0 Å². The van der Waals surface area contributed by atoms with Gasteiger partial charge in [0.15, 0.2) is 23.0 Å². The average molecular weight is 286 g/mol. The lowest BCUT2D eigenvalue weighted by molar-refractivity contribution is 0.354. The molecule has 1 aliphatic rings. The molecule has 0 saturated carbocycles. The minimum atomic E-state index is -0.606. The van der Waals surface area contributed by atoms with Crippen molar-refractivity contribution in [1.82, 2.24) is 0 Å². The van der Waals surface area contributed by atoms with Crippen molar-refractivity contribution in [3.63, 3.8) is 0 Å². The van der Waals surface area contributed by atoms with E-state index in [4.69, 9.17) is 4.74 Å². The van der Waals surface area contributed by atoms with Gasteiger partial charge < -0.3 is 25.2 Å². The highest BCUT2D eigenvalue weighted by Gasteiger charge is 2.23. The molecule has 0 fully saturated rings. The fourth-order valence-corrected chi connectivity index (χ4v) is 2.37. The molecular formula is C16H14O5. The maximum absolute atomic E-state index is 10.2. The molecule has 3 rings (SSSR count). The first kappa shape index (κ1) is 13.2. The van der Waals surface area contributed by atoms with Gasteiger partial charge in [0.05, 0.1) is 0 Å². The molecule has 0 bridgehead atoms. The van der Waals surface area contributed by atoms with Gasteiger partial charge in [0.1, 0.15) is 11.5 Å². The van der Waals surface area contributed by atoms with Gasteiger partial charge in [-0.25, -0.2) is 0 Å². The quantitative estimate of drug-likeness (QED) is 0.605. The fourth-order valence-electron chi connectivity index (χ4n) is 2.37. The van der Waals surface area contributed by atoms with E-state index >= 15 is 0 Å². The lowest BCUT2D eigenvalue weighted by atomic mass is 9.99. The fraction of sp³-hybridized carbons (Fsp3) is 0.125. The molecule has 4 N–H and O–H groups in total. The van der Waals surface area contributed by atoms with Crippen LogP contribution in [0.25, 0.3) is 5.76 Å². The maximum Gasteiger partial charge on any atom is 0.200 e. The Labute approximate surface area is 121 Å². The van der Waals surface area contributed by atoms with Gasteiger partial charge >= 0.3 is 0 Å². The largest absolute Gasteiger partial charge is 0.508 e. The first-order chi connectivity index (χ1) is 9.97. The number of aliphatic hydroxyl groups excluding tert-OH is 1. The van der Waals surface area contributed by atoms with Crippen LogP contribution in [0.1, 0.15) is 16.7 Å². The van der Waals surface area contributed by atoms with Crippen LogP contribution < -0.4 is 4.74 Å². The SMILES string of the molecule is Cc1cccc2c1CC(O)=C(c1cc(O)c(O)c(O)c1)O2. The van der Waals surface area contributed by atoms with E-state index in [1.54, 1.807) is 6.07 Å². The van der Waals surface area contributed by atoms with Gasteiger partial charge in [-0.05, 0) is 30.7 Å². The molecule has 0 amide bonds. The van der Waals surface area contributed by atoms with E-state index in [1.807, 2.05) is 19.1 Å². The summed E-state index contributed by atoms with van der Waals surface area (Å²) in [6.45, 7) is 1.93. The molecule has 0 radical (unpaired) electrons. The number of aliphatic hydroxyl groups is 1. The molecule has 0 unspecified atom stereocenters. The number of ether oxygens (including phenoxy) is 1. The van der Waals surface area contributed by atoms with Gasteiger partial charge in [-0.1, -0.05) is 12.1 Å². The van der Waals surface area contributed by atoms with Crippen molar-refractivity contribution in [2.45, 2.75) is 13.3 Å². The van der Waals surface area contributed by atoms with Gasteiger partial charge in [0.2, 0.25) is 0 Å². The second-order valence-corrected chi connectivity index (χ2v) is 4.97. The topological polar surface area (TPSA) is 90.2 Å². The van der Waals surface area contributed by atoms with E-state index in [2.05, 4.69) is 0 Å². The maximum atomic E-state index is 10.2. The number of aryl methyl sites for hydroxylation is 1. The third kappa shape index (κ3) is 2.12. The summed E-state index contributed by atoms with van der Waals surface area (Å²) in [6.07, 6.45) is 0.305. The van der Waals surface area contributed by atoms with E-state index in [1.165, 1.54) is 12.1 Å². The Morgan fingerprint density at radius 1 is 1.00 bits per heavy atom. The van der Waals surface area contributed by atoms with Crippen molar-refractivity contribution in [2.24, 2.45) is 0 Å². The smallest absolute Gasteiger partial charge is 0.200 e. The van der Waals surface area contributed by atoms with Crippen molar-refractivity contribution in [2.75, 3.05) is 0 Å². The average Bonchev–Trinajstić information content (AvgIpc) is 2.45. The number of phenolic OH excluding ortho intramolecular Hbond substituents is 3. The van der Waals surface area contributed by atoms with Gasteiger partial charge in [-0.15, -0.1) is 0 Å². The first-order valence-corrected chi connectivity index (χ1v) is 6.41. The van der Waals surface area contributed by atoms with Crippen LogP contribution in [-0.2, 0) is 6.42 Å². The van der Waals surface area contributed by atoms with Crippen LogP contribution in [0.2, 0.25) is 0 Å². The Morgan fingerprint density at radius 2 is 1.67 bits per heavy atom. The third-order valence-electron chi connectivity index (χ3n) is 3.52. The van der Waals surface area contributed by atoms with Gasteiger partial charge in [0, 0.05) is 17.5 Å². The molecular weight excluding hydrogens is 272 g/mol. The third-order valence-corrected chi connectivity index (χ3v) is 3.52. The number of allylic oxidation sites excluding steroid dienone is 1. The lowest BCUT2D eigenvalue weighted by Gasteiger charge is -2.22. The zero-order chi connectivity index (χ0) is 15.1. The highest BCUT2D eigenvalue weighted by molar-refractivity contribution is 5.71. The predicted molar refractivity (Wildman–Crippen MR) is 76.5 cm³/mol. The number of fused-ring (bicyclic) bond motifs is 1. The highest BCUT2D eigenvalue weighted by atomic mass is 16.5. The van der Waals surface area contributed by atoms with Crippen molar-refractivity contribution in [3.8, 4) is 23.0 Å². The summed E-state index contributed by atoms with van der Waals surface area (Å²) in [7, 11) is 0. The molecule has 0 aromatic heterocycles. The van der Waals surface area contributed by atoms with E-state index in [9.17, 15) is 20.4 Å². The zero-order valence-electron chi connectivity index (χ0n) is 11.3. The number of rotatable bonds is 1. The molecule has 0 aliphatic carbocycles. The van der Waals surface area contributed by atoms with Crippen molar-refractivity contribution in [3.05, 3.63) is 52.8 Å². The van der Waals surface area contributed by atoms with E-state index < -0.39 is 17.2 Å². The normalized spacial score (nSPS) is 13.8. The van der Waals surface area contributed by atoms with Crippen LogP contribution in [0.15, 0.2) is 36.1 Å². The molecule has 1 heterocycles. The van der Waals surface area contributed by atoms with Crippen LogP contribution in [0.4, 0.5) is 0 Å². The highest BCUT2D eigenvalue weighted by Crippen LogP contribution is 2.41. The number of hydrogen-bond acceptors (Lipinski definition) is 5. The lowest BCUT2D eigenvalue weighted by Crippen LogP contribution is -2.10. The van der Waals surface area contributed by atoms with Crippen molar-refractivity contribution >= 4 is 5.76 Å². The van der Waals surface area contributed by atoms with E-state index in [0.29, 0.717) is 12.2 Å². The summed E-state index contributed by atoms with van der Waals surface area (Å²) in [5.74, 6) is -0.798. The minimum absolute atomic E-state index is 0.00119. The molecule has 0 saturated heterocycles. The molecule has 108 valence electrons. The number of phenols is 3. The second kappa shape index (κ2) is 4.63. The Bertz CT molecular complexity index is 738. The minimum Gasteiger partial charge on any atom is -0.508 e. The van der Waals surface area contributed by atoms with Crippen LogP contribution in [-0.4, -0.2) is 20.4 Å². The molecule has 1 aliphatic heterocycles. The van der Waals surface area contributed by atoms with Crippen molar-refractivity contribution in [1.29, 1.82) is 0 Å². The van der Waals surface area contributed by atoms with Gasteiger partial charge in [-0.3, -0.25) is 0 Å². The monoisotopic (exact) mass is 286 g/mol. The molecule has 0 spiro atoms. The summed E-state index contributed by atoms with van der Waals surface area (Å²) in [6, 6.07) is 8.01. The summed E-state index contributed by atoms with van der Waals surface area (Å²) >= 11 is 0. The Balaban J connectivity index is 2.09. The Kier molecular flexibility index (Phi) is 2.90. The van der Waals surface area contributed by atoms with E-state index in [0.717, 1.165) is 11.1 Å². The van der Waals surface area contributed by atoms with Crippen LogP contribution >= 0.6 is 0 Å². The molecule has 21 heavy (non-hydrogen) atoms. The molecule has 5 nitrogen and oxygen atoms in total. The second-order valence-electron chi connectivity index (χ2n) is 4.97. The number of aromatic hydroxyl groups is 3. The van der Waals surface area contributed by atoms with Crippen LogP contribution in [0.3, 0.4) is 0 Å². The molecule has 2 aromatic rings. The van der Waals surface area contributed by atoms with Gasteiger partial charge in [-0.2, -0.15) is 0 Å². The van der Waals surface area contributed by atoms with Crippen molar-refractivity contribution < 1.29 is 25.2 Å². The summed E-state index contributed by atoms with van der Waals surface area (Å²) in [5.41, 5.74) is 2.19. The molecule has 5 heteroatoms. The number of benzene rings is 2. The standard InChI is InChI=1S/C16H14O5/c1-8-3-2-4-14-10(8)7-13(19)16(21-14)9-5-11(17)15(20)12(18)6-9/h2-6,17-20H,7H2,1H3.